The summed E-state index contributed by atoms with van der Waals surface area (Å²) >= 11 is 0. The quantitative estimate of drug-likeness (QED) is 0.681. The molecule has 0 spiro atoms. The van der Waals surface area contributed by atoms with E-state index < -0.39 is 0 Å². The first-order chi connectivity index (χ1) is 6.63. The van der Waals surface area contributed by atoms with Crippen LogP contribution in [-0.2, 0) is 4.79 Å². The molecule has 0 aromatic heterocycles. The van der Waals surface area contributed by atoms with Crippen molar-refractivity contribution in [1.29, 1.82) is 0 Å². The largest absolute Gasteiger partial charge is 0.345 e. The van der Waals surface area contributed by atoms with Gasteiger partial charge in [-0.15, -0.1) is 0 Å². The first kappa shape index (κ1) is 11.5. The fourth-order valence-electron chi connectivity index (χ4n) is 1.64. The molecule has 0 radical (unpaired) electrons. The molecule has 0 aromatic carbocycles. The van der Waals surface area contributed by atoms with Crippen LogP contribution in [0.25, 0.3) is 0 Å². The Labute approximate surface area is 86.2 Å². The summed E-state index contributed by atoms with van der Waals surface area (Å²) in [7, 11) is 1.86. The van der Waals surface area contributed by atoms with E-state index in [2.05, 4.69) is 17.1 Å². The molecule has 1 rings (SSSR count). The van der Waals surface area contributed by atoms with Crippen LogP contribution in [0.3, 0.4) is 0 Å². The zero-order valence-electron chi connectivity index (χ0n) is 9.42. The average molecular weight is 199 g/mol. The van der Waals surface area contributed by atoms with Gasteiger partial charge in [-0.05, 0) is 13.8 Å². The molecule has 0 unspecified atom stereocenters. The molecule has 1 aliphatic rings. The molecule has 1 amide bonds. The molecule has 1 aliphatic heterocycles. The van der Waals surface area contributed by atoms with E-state index in [4.69, 9.17) is 0 Å². The van der Waals surface area contributed by atoms with E-state index in [0.717, 1.165) is 26.2 Å². The van der Waals surface area contributed by atoms with Crippen LogP contribution in [0, 0.1) is 0 Å². The summed E-state index contributed by atoms with van der Waals surface area (Å²) in [5.74, 6) is 0.224. The van der Waals surface area contributed by atoms with Gasteiger partial charge in [0.1, 0.15) is 0 Å². The van der Waals surface area contributed by atoms with E-state index in [1.165, 1.54) is 0 Å². The van der Waals surface area contributed by atoms with Gasteiger partial charge in [-0.2, -0.15) is 0 Å². The van der Waals surface area contributed by atoms with Gasteiger partial charge in [-0.25, -0.2) is 0 Å². The minimum absolute atomic E-state index is 0.224. The van der Waals surface area contributed by atoms with Crippen molar-refractivity contribution in [2.24, 2.45) is 0 Å². The zero-order chi connectivity index (χ0) is 10.6. The molecule has 82 valence electrons. The molecule has 4 heteroatoms. The number of carbonyl (C=O) groups is 1. The standard InChI is InChI=1S/C10H21N3O/c1-4-12(3)10(14)8-13-6-5-11-9(2)7-13/h9,11H,4-8H2,1-3H3/t9-/m0/s1. The summed E-state index contributed by atoms with van der Waals surface area (Å²) in [5.41, 5.74) is 0. The number of nitrogens with one attached hydrogen (secondary N) is 1. The molecule has 1 atom stereocenters. The van der Waals surface area contributed by atoms with Crippen LogP contribution in [0.15, 0.2) is 0 Å². The second-order valence-electron chi connectivity index (χ2n) is 4.00. The third-order valence-corrected chi connectivity index (χ3v) is 2.71. The summed E-state index contributed by atoms with van der Waals surface area (Å²) in [6, 6.07) is 0.503. The van der Waals surface area contributed by atoms with Gasteiger partial charge in [0.25, 0.3) is 0 Å². The predicted octanol–water partition coefficient (Wildman–Crippen LogP) is -0.242. The molecule has 0 bridgehead atoms. The highest BCUT2D eigenvalue weighted by molar-refractivity contribution is 5.77. The van der Waals surface area contributed by atoms with E-state index in [0.29, 0.717) is 12.6 Å². The molecule has 1 fully saturated rings. The Morgan fingerprint density at radius 2 is 2.36 bits per heavy atom. The fourth-order valence-corrected chi connectivity index (χ4v) is 1.64. The molecule has 0 aliphatic carbocycles. The van der Waals surface area contributed by atoms with Crippen LogP contribution >= 0.6 is 0 Å². The van der Waals surface area contributed by atoms with Gasteiger partial charge in [0.05, 0.1) is 6.54 Å². The molecule has 0 aromatic rings. The van der Waals surface area contributed by atoms with Gasteiger partial charge >= 0.3 is 0 Å². The summed E-state index contributed by atoms with van der Waals surface area (Å²) in [6.07, 6.45) is 0. The lowest BCUT2D eigenvalue weighted by Gasteiger charge is -2.32. The molecular weight excluding hydrogens is 178 g/mol. The Bertz CT molecular complexity index is 196. The van der Waals surface area contributed by atoms with E-state index in [-0.39, 0.29) is 5.91 Å². The topological polar surface area (TPSA) is 35.6 Å². The highest BCUT2D eigenvalue weighted by Crippen LogP contribution is 1.99. The van der Waals surface area contributed by atoms with E-state index in [9.17, 15) is 4.79 Å². The highest BCUT2D eigenvalue weighted by Gasteiger charge is 2.18. The first-order valence-electron chi connectivity index (χ1n) is 5.33. The Morgan fingerprint density at radius 3 is 2.93 bits per heavy atom. The number of likely N-dealkylation sites (N-methyl/N-ethyl adjacent to an activating group) is 1. The van der Waals surface area contributed by atoms with Crippen LogP contribution in [0.5, 0.6) is 0 Å². The SMILES string of the molecule is CCN(C)C(=O)CN1CCN[C@@H](C)C1. The number of nitrogens with zero attached hydrogens (tertiary/aromatic N) is 2. The zero-order valence-corrected chi connectivity index (χ0v) is 9.42. The van der Waals surface area contributed by atoms with Crippen molar-refractivity contribution in [2.75, 3.05) is 39.8 Å². The van der Waals surface area contributed by atoms with Crippen LogP contribution in [0.2, 0.25) is 0 Å². The summed E-state index contributed by atoms with van der Waals surface area (Å²) in [4.78, 5) is 15.6. The highest BCUT2D eigenvalue weighted by atomic mass is 16.2. The second kappa shape index (κ2) is 5.32. The van der Waals surface area contributed by atoms with Crippen molar-refractivity contribution in [1.82, 2.24) is 15.1 Å². The van der Waals surface area contributed by atoms with Crippen LogP contribution in [-0.4, -0.2) is 61.5 Å². The van der Waals surface area contributed by atoms with Crippen LogP contribution in [0.4, 0.5) is 0 Å². The Balaban J connectivity index is 2.32. The third kappa shape index (κ3) is 3.27. The number of hydrogen-bond acceptors (Lipinski definition) is 3. The minimum Gasteiger partial charge on any atom is -0.345 e. The lowest BCUT2D eigenvalue weighted by Crippen LogP contribution is -2.51. The average Bonchev–Trinajstić information content (AvgIpc) is 2.16. The number of rotatable bonds is 3. The number of amides is 1. The molecule has 1 heterocycles. The summed E-state index contributed by atoms with van der Waals surface area (Å²) < 4.78 is 0. The van der Waals surface area contributed by atoms with Gasteiger partial charge in [0, 0.05) is 39.3 Å². The van der Waals surface area contributed by atoms with Crippen LogP contribution in [0.1, 0.15) is 13.8 Å². The van der Waals surface area contributed by atoms with E-state index in [1.807, 2.05) is 14.0 Å². The second-order valence-corrected chi connectivity index (χ2v) is 4.00. The maximum atomic E-state index is 11.6. The van der Waals surface area contributed by atoms with Gasteiger partial charge < -0.3 is 10.2 Å². The first-order valence-corrected chi connectivity index (χ1v) is 5.33. The van der Waals surface area contributed by atoms with Crippen molar-refractivity contribution in [2.45, 2.75) is 19.9 Å². The monoisotopic (exact) mass is 199 g/mol. The van der Waals surface area contributed by atoms with Gasteiger partial charge in [-0.3, -0.25) is 9.69 Å². The van der Waals surface area contributed by atoms with Crippen molar-refractivity contribution >= 4 is 5.91 Å². The van der Waals surface area contributed by atoms with E-state index in [1.54, 1.807) is 4.90 Å². The summed E-state index contributed by atoms with van der Waals surface area (Å²) in [6.45, 7) is 8.45. The normalized spacial score (nSPS) is 23.5. The summed E-state index contributed by atoms with van der Waals surface area (Å²) in [5, 5.41) is 3.36. The molecule has 1 saturated heterocycles. The maximum absolute atomic E-state index is 11.6. The maximum Gasteiger partial charge on any atom is 0.236 e. The lowest BCUT2D eigenvalue weighted by molar-refractivity contribution is -0.131. The Morgan fingerprint density at radius 1 is 1.64 bits per heavy atom. The molecule has 14 heavy (non-hydrogen) atoms. The number of carbonyl (C=O) groups excluding carboxylic acids is 1. The Kier molecular flexibility index (Phi) is 4.35. The van der Waals surface area contributed by atoms with Crippen molar-refractivity contribution < 1.29 is 4.79 Å². The lowest BCUT2D eigenvalue weighted by atomic mass is 10.2. The smallest absolute Gasteiger partial charge is 0.236 e. The molecule has 0 saturated carbocycles. The fraction of sp³-hybridized carbons (Fsp3) is 0.900. The van der Waals surface area contributed by atoms with Gasteiger partial charge in [0.2, 0.25) is 5.91 Å². The van der Waals surface area contributed by atoms with Crippen molar-refractivity contribution in [3.05, 3.63) is 0 Å². The van der Waals surface area contributed by atoms with E-state index >= 15 is 0 Å². The molecular formula is C10H21N3O. The third-order valence-electron chi connectivity index (χ3n) is 2.71. The molecule has 1 N–H and O–H groups in total. The minimum atomic E-state index is 0.224. The number of hydrogen-bond donors (Lipinski definition) is 1. The van der Waals surface area contributed by atoms with Gasteiger partial charge in [0.15, 0.2) is 0 Å². The van der Waals surface area contributed by atoms with Crippen LogP contribution < -0.4 is 5.32 Å². The Hall–Kier alpha value is -0.610. The van der Waals surface area contributed by atoms with Crippen molar-refractivity contribution in [3.8, 4) is 0 Å². The number of piperazine rings is 1. The van der Waals surface area contributed by atoms with Gasteiger partial charge in [-0.1, -0.05) is 0 Å². The predicted molar refractivity (Wildman–Crippen MR) is 57.2 cm³/mol. The molecule has 4 nitrogen and oxygen atoms in total. The van der Waals surface area contributed by atoms with Crippen molar-refractivity contribution in [3.63, 3.8) is 0 Å².